The Kier molecular flexibility index (Phi) is 6.05. The van der Waals surface area contributed by atoms with E-state index in [1.807, 2.05) is 24.3 Å². The molecule has 0 saturated heterocycles. The second-order valence-corrected chi connectivity index (χ2v) is 9.15. The number of anilines is 2. The third-order valence-corrected chi connectivity index (χ3v) is 7.23. The maximum absolute atomic E-state index is 13.6. The summed E-state index contributed by atoms with van der Waals surface area (Å²) in [6.07, 6.45) is 0.735. The summed E-state index contributed by atoms with van der Waals surface area (Å²) in [5, 5.41) is 0. The summed E-state index contributed by atoms with van der Waals surface area (Å²) >= 11 is 0. The van der Waals surface area contributed by atoms with Crippen LogP contribution in [0.2, 0.25) is 0 Å². The average Bonchev–Trinajstić information content (AvgIpc) is 3.27. The highest BCUT2D eigenvalue weighted by Gasteiger charge is 2.33. The van der Waals surface area contributed by atoms with E-state index in [1.165, 1.54) is 26.4 Å². The van der Waals surface area contributed by atoms with Crippen molar-refractivity contribution in [1.82, 2.24) is 0 Å². The molecule has 1 aliphatic heterocycles. The predicted octanol–water partition coefficient (Wildman–Crippen LogP) is 3.49. The topological polar surface area (TPSA) is 76.2 Å². The van der Waals surface area contributed by atoms with Gasteiger partial charge in [-0.1, -0.05) is 36.4 Å². The number of hydrogen-bond donors (Lipinski definition) is 0. The van der Waals surface area contributed by atoms with Crippen molar-refractivity contribution in [2.75, 3.05) is 36.5 Å². The van der Waals surface area contributed by atoms with Gasteiger partial charge in [0, 0.05) is 18.3 Å². The van der Waals surface area contributed by atoms with E-state index >= 15 is 0 Å². The van der Waals surface area contributed by atoms with E-state index in [1.54, 1.807) is 41.3 Å². The SMILES string of the molecule is COc1ccc(N(CC(=O)N2CCc3ccccc32)S(=O)(=O)c2ccccc2)c(OC)c1. The molecular weight excluding hydrogens is 428 g/mol. The van der Waals surface area contributed by atoms with Crippen molar-refractivity contribution in [3.05, 3.63) is 78.4 Å². The van der Waals surface area contributed by atoms with E-state index in [0.717, 1.165) is 22.0 Å². The van der Waals surface area contributed by atoms with Gasteiger partial charge in [-0.15, -0.1) is 0 Å². The molecule has 8 heteroatoms. The van der Waals surface area contributed by atoms with Gasteiger partial charge in [-0.2, -0.15) is 0 Å². The molecule has 0 bridgehead atoms. The lowest BCUT2D eigenvalue weighted by atomic mass is 10.2. The van der Waals surface area contributed by atoms with Gasteiger partial charge in [0.2, 0.25) is 5.91 Å². The number of methoxy groups -OCH3 is 2. The minimum atomic E-state index is -4.04. The zero-order chi connectivity index (χ0) is 22.7. The summed E-state index contributed by atoms with van der Waals surface area (Å²) in [4.78, 5) is 15.1. The molecule has 1 heterocycles. The molecule has 1 aliphatic rings. The van der Waals surface area contributed by atoms with Gasteiger partial charge in [0.15, 0.2) is 0 Å². The summed E-state index contributed by atoms with van der Waals surface area (Å²) in [7, 11) is -1.08. The van der Waals surface area contributed by atoms with Crippen molar-refractivity contribution in [3.63, 3.8) is 0 Å². The lowest BCUT2D eigenvalue weighted by molar-refractivity contribution is -0.117. The van der Waals surface area contributed by atoms with Crippen LogP contribution in [0.1, 0.15) is 5.56 Å². The van der Waals surface area contributed by atoms with Crippen molar-refractivity contribution in [3.8, 4) is 11.5 Å². The number of para-hydroxylation sites is 1. The maximum atomic E-state index is 13.6. The van der Waals surface area contributed by atoms with Gasteiger partial charge in [0.1, 0.15) is 18.0 Å². The number of carbonyl (C=O) groups excluding carboxylic acids is 1. The standard InChI is InChI=1S/C24H24N2O5S/c1-30-19-12-13-22(23(16-19)31-2)26(32(28,29)20-9-4-3-5-10-20)17-24(27)25-15-14-18-8-6-7-11-21(18)25/h3-13,16H,14-15,17H2,1-2H3. The maximum Gasteiger partial charge on any atom is 0.264 e. The van der Waals surface area contributed by atoms with Crippen LogP contribution in [-0.4, -0.2) is 41.6 Å². The van der Waals surface area contributed by atoms with Crippen molar-refractivity contribution in [2.45, 2.75) is 11.3 Å². The summed E-state index contributed by atoms with van der Waals surface area (Å²) in [6.45, 7) is 0.144. The Labute approximate surface area is 187 Å². The molecule has 1 amide bonds. The minimum absolute atomic E-state index is 0.0903. The second kappa shape index (κ2) is 8.92. The fourth-order valence-corrected chi connectivity index (χ4v) is 5.26. The molecule has 0 saturated carbocycles. The zero-order valence-corrected chi connectivity index (χ0v) is 18.7. The van der Waals surface area contributed by atoms with Crippen molar-refractivity contribution < 1.29 is 22.7 Å². The van der Waals surface area contributed by atoms with Crippen LogP contribution in [0.25, 0.3) is 0 Å². The Hall–Kier alpha value is -3.52. The van der Waals surface area contributed by atoms with Crippen molar-refractivity contribution in [1.29, 1.82) is 0 Å². The molecule has 166 valence electrons. The number of amides is 1. The lowest BCUT2D eigenvalue weighted by Crippen LogP contribution is -2.42. The number of carbonyl (C=O) groups is 1. The quantitative estimate of drug-likeness (QED) is 0.549. The van der Waals surface area contributed by atoms with Crippen LogP contribution in [0, 0.1) is 0 Å². The largest absolute Gasteiger partial charge is 0.497 e. The smallest absolute Gasteiger partial charge is 0.264 e. The first-order valence-corrected chi connectivity index (χ1v) is 11.6. The molecule has 0 aliphatic carbocycles. The third kappa shape index (κ3) is 4.01. The molecule has 4 rings (SSSR count). The second-order valence-electron chi connectivity index (χ2n) is 7.29. The van der Waals surface area contributed by atoms with Crippen LogP contribution in [0.3, 0.4) is 0 Å². The van der Waals surface area contributed by atoms with E-state index < -0.39 is 10.0 Å². The van der Waals surface area contributed by atoms with Crippen molar-refractivity contribution in [2.24, 2.45) is 0 Å². The fraction of sp³-hybridized carbons (Fsp3) is 0.208. The van der Waals surface area contributed by atoms with Gasteiger partial charge in [-0.3, -0.25) is 9.10 Å². The Morgan fingerprint density at radius 2 is 1.69 bits per heavy atom. The van der Waals surface area contributed by atoms with E-state index in [0.29, 0.717) is 18.0 Å². The first kappa shape index (κ1) is 21.7. The van der Waals surface area contributed by atoms with Gasteiger partial charge in [0.25, 0.3) is 10.0 Å². The van der Waals surface area contributed by atoms with Crippen LogP contribution < -0.4 is 18.7 Å². The van der Waals surface area contributed by atoms with Crippen LogP contribution in [0.15, 0.2) is 77.7 Å². The number of ether oxygens (including phenoxy) is 2. The molecule has 0 unspecified atom stereocenters. The average molecular weight is 453 g/mol. The summed E-state index contributed by atoms with van der Waals surface area (Å²) in [5.74, 6) is 0.494. The van der Waals surface area contributed by atoms with E-state index in [-0.39, 0.29) is 23.0 Å². The zero-order valence-electron chi connectivity index (χ0n) is 17.9. The highest BCUT2D eigenvalue weighted by atomic mass is 32.2. The van der Waals surface area contributed by atoms with Crippen LogP contribution >= 0.6 is 0 Å². The molecule has 3 aromatic rings. The lowest BCUT2D eigenvalue weighted by Gasteiger charge is -2.28. The highest BCUT2D eigenvalue weighted by Crippen LogP contribution is 2.36. The normalized spacial score (nSPS) is 12.9. The first-order chi connectivity index (χ1) is 15.5. The summed E-state index contributed by atoms with van der Waals surface area (Å²) < 4.78 is 39.0. The molecule has 0 N–H and O–H groups in total. The Morgan fingerprint density at radius 3 is 2.41 bits per heavy atom. The molecule has 0 radical (unpaired) electrons. The summed E-state index contributed by atoms with van der Waals surface area (Å²) in [5.41, 5.74) is 2.15. The van der Waals surface area contributed by atoms with Crippen LogP contribution in [-0.2, 0) is 21.2 Å². The Bertz CT molecular complexity index is 1230. The molecule has 0 fully saturated rings. The van der Waals surface area contributed by atoms with Gasteiger partial charge in [-0.25, -0.2) is 8.42 Å². The summed E-state index contributed by atoms with van der Waals surface area (Å²) in [6, 6.07) is 20.5. The van der Waals surface area contributed by atoms with Gasteiger partial charge >= 0.3 is 0 Å². The third-order valence-electron chi connectivity index (χ3n) is 5.45. The molecule has 3 aromatic carbocycles. The molecule has 32 heavy (non-hydrogen) atoms. The molecule has 0 atom stereocenters. The monoisotopic (exact) mass is 452 g/mol. The van der Waals surface area contributed by atoms with E-state index in [9.17, 15) is 13.2 Å². The number of nitrogens with zero attached hydrogens (tertiary/aromatic N) is 2. The number of sulfonamides is 1. The highest BCUT2D eigenvalue weighted by molar-refractivity contribution is 7.92. The Morgan fingerprint density at radius 1 is 0.969 bits per heavy atom. The number of benzene rings is 3. The van der Waals surface area contributed by atoms with E-state index in [4.69, 9.17) is 9.47 Å². The van der Waals surface area contributed by atoms with Crippen molar-refractivity contribution >= 4 is 27.3 Å². The van der Waals surface area contributed by atoms with Gasteiger partial charge < -0.3 is 14.4 Å². The molecule has 0 spiro atoms. The van der Waals surface area contributed by atoms with Crippen LogP contribution in [0.5, 0.6) is 11.5 Å². The fourth-order valence-electron chi connectivity index (χ4n) is 3.82. The van der Waals surface area contributed by atoms with Gasteiger partial charge in [-0.05, 0) is 42.3 Å². The number of rotatable bonds is 7. The molecular formula is C24H24N2O5S. The van der Waals surface area contributed by atoms with Gasteiger partial charge in [0.05, 0.1) is 24.8 Å². The van der Waals surface area contributed by atoms with E-state index in [2.05, 4.69) is 0 Å². The first-order valence-electron chi connectivity index (χ1n) is 10.1. The number of hydrogen-bond acceptors (Lipinski definition) is 5. The molecule has 0 aromatic heterocycles. The Balaban J connectivity index is 1.76. The minimum Gasteiger partial charge on any atom is -0.497 e. The molecule has 7 nitrogen and oxygen atoms in total. The van der Waals surface area contributed by atoms with Crippen LogP contribution in [0.4, 0.5) is 11.4 Å². The number of fused-ring (bicyclic) bond motifs is 1. The predicted molar refractivity (Wildman–Crippen MR) is 123 cm³/mol.